The zero-order valence-corrected chi connectivity index (χ0v) is 10.7. The van der Waals surface area contributed by atoms with Gasteiger partial charge in [-0.05, 0) is 43.6 Å². The summed E-state index contributed by atoms with van der Waals surface area (Å²) >= 11 is 0. The Hall–Kier alpha value is -1.11. The van der Waals surface area contributed by atoms with E-state index in [1.165, 1.54) is 18.4 Å². The molecular weight excluding hydrogens is 208 g/mol. The molecule has 0 unspecified atom stereocenters. The fourth-order valence-electron chi connectivity index (χ4n) is 2.92. The first-order valence-electron chi connectivity index (χ1n) is 6.89. The molecule has 0 heterocycles. The second-order valence-corrected chi connectivity index (χ2v) is 5.18. The van der Waals surface area contributed by atoms with Crippen molar-refractivity contribution < 1.29 is 4.79 Å². The van der Waals surface area contributed by atoms with E-state index in [4.69, 9.17) is 0 Å². The first kappa shape index (κ1) is 12.3. The van der Waals surface area contributed by atoms with E-state index < -0.39 is 0 Å². The molecule has 0 radical (unpaired) electrons. The Labute approximate surface area is 104 Å². The van der Waals surface area contributed by atoms with Gasteiger partial charge in [-0.25, -0.2) is 0 Å². The molecule has 1 aromatic carbocycles. The first-order chi connectivity index (χ1) is 8.31. The van der Waals surface area contributed by atoms with Crippen LogP contribution in [0.1, 0.15) is 56.9 Å². The molecule has 1 nitrogen and oxygen atoms in total. The molecule has 0 amide bonds. The van der Waals surface area contributed by atoms with E-state index >= 15 is 0 Å². The Bertz CT molecular complexity index is 347. The number of carbonyl (C=O) groups is 1. The lowest BCUT2D eigenvalue weighted by Gasteiger charge is -2.27. The Balaban J connectivity index is 1.88. The van der Waals surface area contributed by atoms with Crippen molar-refractivity contribution in [1.82, 2.24) is 0 Å². The molecule has 1 fully saturated rings. The van der Waals surface area contributed by atoms with Gasteiger partial charge in [0, 0.05) is 12.3 Å². The van der Waals surface area contributed by atoms with Gasteiger partial charge in [0.15, 0.2) is 0 Å². The highest BCUT2D eigenvalue weighted by molar-refractivity contribution is 5.81. The summed E-state index contributed by atoms with van der Waals surface area (Å²) < 4.78 is 0. The standard InChI is InChI=1S/C16H22O/c1-2-6-16(17)15-11-9-14(10-12-15)13-7-4-3-5-8-13/h3-5,7-8,14-15H,2,6,9-12H2,1H3/t14-,15-. The third kappa shape index (κ3) is 3.18. The first-order valence-corrected chi connectivity index (χ1v) is 6.89. The van der Waals surface area contributed by atoms with Crippen LogP contribution in [0.2, 0.25) is 0 Å². The van der Waals surface area contributed by atoms with Gasteiger partial charge in [-0.2, -0.15) is 0 Å². The number of rotatable bonds is 4. The summed E-state index contributed by atoms with van der Waals surface area (Å²) in [7, 11) is 0. The molecule has 0 aliphatic heterocycles. The number of ketones is 1. The average Bonchev–Trinajstić information content (AvgIpc) is 2.40. The molecule has 0 spiro atoms. The van der Waals surface area contributed by atoms with Crippen molar-refractivity contribution in [2.75, 3.05) is 0 Å². The van der Waals surface area contributed by atoms with Gasteiger partial charge in [0.05, 0.1) is 0 Å². The van der Waals surface area contributed by atoms with Gasteiger partial charge in [0.2, 0.25) is 0 Å². The summed E-state index contributed by atoms with van der Waals surface area (Å²) in [6.07, 6.45) is 6.34. The Morgan fingerprint density at radius 2 is 1.76 bits per heavy atom. The Morgan fingerprint density at radius 1 is 1.12 bits per heavy atom. The van der Waals surface area contributed by atoms with E-state index in [2.05, 4.69) is 37.3 Å². The third-order valence-corrected chi connectivity index (χ3v) is 3.95. The van der Waals surface area contributed by atoms with E-state index in [-0.39, 0.29) is 0 Å². The highest BCUT2D eigenvalue weighted by Gasteiger charge is 2.26. The normalized spacial score (nSPS) is 24.5. The van der Waals surface area contributed by atoms with Crippen LogP contribution in [0.3, 0.4) is 0 Å². The average molecular weight is 230 g/mol. The van der Waals surface area contributed by atoms with Crippen LogP contribution in [0.15, 0.2) is 30.3 Å². The highest BCUT2D eigenvalue weighted by Crippen LogP contribution is 2.36. The van der Waals surface area contributed by atoms with Crippen LogP contribution in [0.25, 0.3) is 0 Å². The summed E-state index contributed by atoms with van der Waals surface area (Å²) in [4.78, 5) is 11.8. The highest BCUT2D eigenvalue weighted by atomic mass is 16.1. The van der Waals surface area contributed by atoms with Gasteiger partial charge in [-0.1, -0.05) is 37.3 Å². The van der Waals surface area contributed by atoms with Crippen molar-refractivity contribution in [2.45, 2.75) is 51.4 Å². The predicted molar refractivity (Wildman–Crippen MR) is 71.1 cm³/mol. The van der Waals surface area contributed by atoms with E-state index in [0.29, 0.717) is 17.6 Å². The third-order valence-electron chi connectivity index (χ3n) is 3.95. The quantitative estimate of drug-likeness (QED) is 0.752. The van der Waals surface area contributed by atoms with Crippen LogP contribution < -0.4 is 0 Å². The molecule has 0 N–H and O–H groups in total. The molecule has 0 saturated heterocycles. The van der Waals surface area contributed by atoms with Crippen LogP contribution in [0.5, 0.6) is 0 Å². The topological polar surface area (TPSA) is 17.1 Å². The molecular formula is C16H22O. The molecule has 0 atom stereocenters. The van der Waals surface area contributed by atoms with E-state index in [1.807, 2.05) is 0 Å². The van der Waals surface area contributed by atoms with Crippen molar-refractivity contribution in [3.8, 4) is 0 Å². The van der Waals surface area contributed by atoms with Crippen LogP contribution in [0.4, 0.5) is 0 Å². The number of hydrogen-bond donors (Lipinski definition) is 0. The fourth-order valence-corrected chi connectivity index (χ4v) is 2.92. The minimum absolute atomic E-state index is 0.356. The predicted octanol–water partition coefficient (Wildman–Crippen LogP) is 4.33. The van der Waals surface area contributed by atoms with Crippen LogP contribution >= 0.6 is 0 Å². The molecule has 0 bridgehead atoms. The lowest BCUT2D eigenvalue weighted by atomic mass is 9.76. The zero-order valence-electron chi connectivity index (χ0n) is 10.7. The van der Waals surface area contributed by atoms with Gasteiger partial charge in [-0.3, -0.25) is 4.79 Å². The fraction of sp³-hybridized carbons (Fsp3) is 0.562. The molecule has 0 aromatic heterocycles. The minimum atomic E-state index is 0.356. The van der Waals surface area contributed by atoms with Gasteiger partial charge in [-0.15, -0.1) is 0 Å². The SMILES string of the molecule is CCCC(=O)[C@H]1CC[C@H](c2ccccc2)CC1. The van der Waals surface area contributed by atoms with Crippen molar-refractivity contribution in [3.63, 3.8) is 0 Å². The Kier molecular flexibility index (Phi) is 4.36. The molecule has 1 aromatic rings. The molecule has 1 saturated carbocycles. The summed E-state index contributed by atoms with van der Waals surface area (Å²) in [5.41, 5.74) is 1.45. The Morgan fingerprint density at radius 3 is 2.35 bits per heavy atom. The van der Waals surface area contributed by atoms with Gasteiger partial charge in [0.25, 0.3) is 0 Å². The summed E-state index contributed by atoms with van der Waals surface area (Å²) in [5, 5.41) is 0. The molecule has 1 aliphatic rings. The number of carbonyl (C=O) groups excluding carboxylic acids is 1. The van der Waals surface area contributed by atoms with Crippen molar-refractivity contribution in [1.29, 1.82) is 0 Å². The maximum atomic E-state index is 11.8. The molecule has 1 heteroatoms. The lowest BCUT2D eigenvalue weighted by Crippen LogP contribution is -2.20. The second kappa shape index (κ2) is 6.00. The minimum Gasteiger partial charge on any atom is -0.299 e. The summed E-state index contributed by atoms with van der Waals surface area (Å²) in [6, 6.07) is 10.7. The van der Waals surface area contributed by atoms with E-state index in [0.717, 1.165) is 25.7 Å². The molecule has 2 rings (SSSR count). The van der Waals surface area contributed by atoms with Crippen molar-refractivity contribution in [3.05, 3.63) is 35.9 Å². The van der Waals surface area contributed by atoms with Crippen molar-refractivity contribution in [2.24, 2.45) is 5.92 Å². The molecule has 17 heavy (non-hydrogen) atoms. The molecule has 92 valence electrons. The van der Waals surface area contributed by atoms with E-state index in [1.54, 1.807) is 0 Å². The van der Waals surface area contributed by atoms with Gasteiger partial charge >= 0.3 is 0 Å². The number of Topliss-reactive ketones (excluding diaryl/α,β-unsaturated/α-hetero) is 1. The summed E-state index contributed by atoms with van der Waals surface area (Å²) in [5.74, 6) is 1.54. The largest absolute Gasteiger partial charge is 0.299 e. The number of benzene rings is 1. The molecule has 1 aliphatic carbocycles. The zero-order chi connectivity index (χ0) is 12.1. The van der Waals surface area contributed by atoms with E-state index in [9.17, 15) is 4.79 Å². The maximum Gasteiger partial charge on any atom is 0.135 e. The van der Waals surface area contributed by atoms with Gasteiger partial charge in [0.1, 0.15) is 5.78 Å². The summed E-state index contributed by atoms with van der Waals surface area (Å²) in [6.45, 7) is 2.09. The smallest absolute Gasteiger partial charge is 0.135 e. The van der Waals surface area contributed by atoms with Crippen LogP contribution in [0, 0.1) is 5.92 Å². The maximum absolute atomic E-state index is 11.8. The van der Waals surface area contributed by atoms with Gasteiger partial charge < -0.3 is 0 Å². The number of hydrogen-bond acceptors (Lipinski definition) is 1. The van der Waals surface area contributed by atoms with Crippen LogP contribution in [-0.2, 0) is 4.79 Å². The monoisotopic (exact) mass is 230 g/mol. The second-order valence-electron chi connectivity index (χ2n) is 5.18. The van der Waals surface area contributed by atoms with Crippen molar-refractivity contribution >= 4 is 5.78 Å². The lowest BCUT2D eigenvalue weighted by molar-refractivity contribution is -0.123. The van der Waals surface area contributed by atoms with Crippen LogP contribution in [-0.4, -0.2) is 5.78 Å².